The monoisotopic (exact) mass is 195 g/mol. The molecule has 1 rings (SSSR count). The molecule has 1 nitrogen and oxygen atoms in total. The molecule has 1 atom stereocenters. The lowest BCUT2D eigenvalue weighted by Crippen LogP contribution is -2.17. The molecule has 1 aromatic carbocycles. The summed E-state index contributed by atoms with van der Waals surface area (Å²) < 4.78 is 12.8. The molecule has 2 heteroatoms. The van der Waals surface area contributed by atoms with E-state index in [4.69, 9.17) is 0 Å². The Labute approximate surface area is 85.3 Å². The second kappa shape index (κ2) is 4.99. The van der Waals surface area contributed by atoms with Crippen LogP contribution in [0.4, 0.5) is 10.1 Å². The highest BCUT2D eigenvalue weighted by molar-refractivity contribution is 5.43. The lowest BCUT2D eigenvalue weighted by atomic mass is 10.1. The van der Waals surface area contributed by atoms with Crippen molar-refractivity contribution in [3.05, 3.63) is 30.1 Å². The molecule has 0 bridgehead atoms. The highest BCUT2D eigenvalue weighted by atomic mass is 19.1. The summed E-state index contributed by atoms with van der Waals surface area (Å²) in [5, 5.41) is 3.27. The first-order chi connectivity index (χ1) is 6.58. The second-order valence-corrected chi connectivity index (χ2v) is 4.19. The fourth-order valence-electron chi connectivity index (χ4n) is 1.63. The van der Waals surface area contributed by atoms with Gasteiger partial charge in [-0.05, 0) is 37.5 Å². The Morgan fingerprint density at radius 3 is 2.57 bits per heavy atom. The molecule has 78 valence electrons. The van der Waals surface area contributed by atoms with Gasteiger partial charge in [-0.1, -0.05) is 19.9 Å². The van der Waals surface area contributed by atoms with E-state index < -0.39 is 0 Å². The molecule has 0 heterocycles. The second-order valence-electron chi connectivity index (χ2n) is 4.19. The molecule has 0 unspecified atom stereocenters. The fourth-order valence-corrected chi connectivity index (χ4v) is 1.63. The summed E-state index contributed by atoms with van der Waals surface area (Å²) in [5.41, 5.74) is 0.859. The van der Waals surface area contributed by atoms with Crippen LogP contribution in [0.2, 0.25) is 0 Å². The third-order valence-electron chi connectivity index (χ3n) is 2.06. The largest absolute Gasteiger partial charge is 0.382 e. The minimum atomic E-state index is -0.188. The van der Waals surface area contributed by atoms with Gasteiger partial charge in [0, 0.05) is 11.7 Å². The average molecular weight is 195 g/mol. The number of benzene rings is 1. The van der Waals surface area contributed by atoms with Crippen LogP contribution in [0.1, 0.15) is 27.2 Å². The van der Waals surface area contributed by atoms with Gasteiger partial charge in [0.05, 0.1) is 0 Å². The summed E-state index contributed by atoms with van der Waals surface area (Å²) >= 11 is 0. The smallest absolute Gasteiger partial charge is 0.125 e. The van der Waals surface area contributed by atoms with Crippen LogP contribution >= 0.6 is 0 Å². The van der Waals surface area contributed by atoms with E-state index in [0.29, 0.717) is 12.0 Å². The fraction of sp³-hybridized carbons (Fsp3) is 0.500. The van der Waals surface area contributed by atoms with Gasteiger partial charge < -0.3 is 5.32 Å². The minimum Gasteiger partial charge on any atom is -0.382 e. The molecular weight excluding hydrogens is 177 g/mol. The van der Waals surface area contributed by atoms with E-state index in [-0.39, 0.29) is 5.82 Å². The van der Waals surface area contributed by atoms with Crippen LogP contribution in [0.5, 0.6) is 0 Å². The minimum absolute atomic E-state index is 0.188. The molecular formula is C12H18FN. The highest BCUT2D eigenvalue weighted by Crippen LogP contribution is 2.13. The zero-order chi connectivity index (χ0) is 10.6. The van der Waals surface area contributed by atoms with Gasteiger partial charge in [-0.25, -0.2) is 4.39 Å². The van der Waals surface area contributed by atoms with Gasteiger partial charge >= 0.3 is 0 Å². The number of hydrogen-bond donors (Lipinski definition) is 1. The quantitative estimate of drug-likeness (QED) is 0.773. The van der Waals surface area contributed by atoms with Crippen LogP contribution in [-0.2, 0) is 0 Å². The maximum Gasteiger partial charge on any atom is 0.125 e. The number of hydrogen-bond acceptors (Lipinski definition) is 1. The Kier molecular flexibility index (Phi) is 3.93. The third kappa shape index (κ3) is 3.77. The molecule has 14 heavy (non-hydrogen) atoms. The molecule has 1 N–H and O–H groups in total. The average Bonchev–Trinajstić information content (AvgIpc) is 2.01. The molecule has 0 aromatic heterocycles. The van der Waals surface area contributed by atoms with Gasteiger partial charge in [-0.3, -0.25) is 0 Å². The first kappa shape index (κ1) is 11.0. The topological polar surface area (TPSA) is 12.0 Å². The van der Waals surface area contributed by atoms with E-state index >= 15 is 0 Å². The van der Waals surface area contributed by atoms with E-state index in [1.54, 1.807) is 6.07 Å². The van der Waals surface area contributed by atoms with Crippen LogP contribution in [0.15, 0.2) is 24.3 Å². The molecule has 1 aromatic rings. The maximum absolute atomic E-state index is 12.8. The zero-order valence-corrected chi connectivity index (χ0v) is 9.05. The summed E-state index contributed by atoms with van der Waals surface area (Å²) in [6, 6.07) is 6.98. The number of rotatable bonds is 4. The van der Waals surface area contributed by atoms with Crippen molar-refractivity contribution < 1.29 is 4.39 Å². The van der Waals surface area contributed by atoms with E-state index in [9.17, 15) is 4.39 Å². The SMILES string of the molecule is CC(C)C[C@@H](C)Nc1cccc(F)c1. The van der Waals surface area contributed by atoms with Crippen molar-refractivity contribution in [3.8, 4) is 0 Å². The van der Waals surface area contributed by atoms with Crippen LogP contribution in [0.3, 0.4) is 0 Å². The molecule has 0 aliphatic heterocycles. The van der Waals surface area contributed by atoms with Gasteiger partial charge in [0.2, 0.25) is 0 Å². The Hall–Kier alpha value is -1.05. The van der Waals surface area contributed by atoms with Crippen LogP contribution < -0.4 is 5.32 Å². The van der Waals surface area contributed by atoms with Gasteiger partial charge in [0.1, 0.15) is 5.82 Å². The van der Waals surface area contributed by atoms with Crippen LogP contribution in [-0.4, -0.2) is 6.04 Å². The summed E-state index contributed by atoms with van der Waals surface area (Å²) in [7, 11) is 0. The Balaban J connectivity index is 2.51. The normalized spacial score (nSPS) is 12.9. The lowest BCUT2D eigenvalue weighted by molar-refractivity contribution is 0.539. The Bertz CT molecular complexity index is 283. The van der Waals surface area contributed by atoms with Crippen molar-refractivity contribution in [1.82, 2.24) is 0 Å². The molecule has 0 fully saturated rings. The molecule has 0 radical (unpaired) electrons. The van der Waals surface area contributed by atoms with Crippen molar-refractivity contribution in [2.24, 2.45) is 5.92 Å². The third-order valence-corrected chi connectivity index (χ3v) is 2.06. The predicted octanol–water partition coefficient (Wildman–Crippen LogP) is 3.67. The number of nitrogens with one attached hydrogen (secondary N) is 1. The number of anilines is 1. The van der Waals surface area contributed by atoms with Gasteiger partial charge in [0.15, 0.2) is 0 Å². The van der Waals surface area contributed by atoms with E-state index in [1.807, 2.05) is 6.07 Å². The van der Waals surface area contributed by atoms with Crippen molar-refractivity contribution in [3.63, 3.8) is 0 Å². The molecule has 0 amide bonds. The van der Waals surface area contributed by atoms with Crippen molar-refractivity contribution in [1.29, 1.82) is 0 Å². The molecule has 0 saturated heterocycles. The van der Waals surface area contributed by atoms with Crippen LogP contribution in [0.25, 0.3) is 0 Å². The predicted molar refractivity (Wildman–Crippen MR) is 58.9 cm³/mol. The summed E-state index contributed by atoms with van der Waals surface area (Å²) in [4.78, 5) is 0. The lowest BCUT2D eigenvalue weighted by Gasteiger charge is -2.17. The highest BCUT2D eigenvalue weighted by Gasteiger charge is 2.04. The first-order valence-corrected chi connectivity index (χ1v) is 5.10. The Morgan fingerprint density at radius 1 is 1.29 bits per heavy atom. The molecule has 0 spiro atoms. The van der Waals surface area contributed by atoms with E-state index in [2.05, 4.69) is 26.1 Å². The van der Waals surface area contributed by atoms with Crippen molar-refractivity contribution in [2.45, 2.75) is 33.2 Å². The van der Waals surface area contributed by atoms with Crippen molar-refractivity contribution in [2.75, 3.05) is 5.32 Å². The summed E-state index contributed by atoms with van der Waals surface area (Å²) in [5.74, 6) is 0.470. The van der Waals surface area contributed by atoms with Gasteiger partial charge in [-0.2, -0.15) is 0 Å². The Morgan fingerprint density at radius 2 is 2.00 bits per heavy atom. The molecule has 0 aliphatic carbocycles. The van der Waals surface area contributed by atoms with E-state index in [1.165, 1.54) is 12.1 Å². The molecule has 0 aliphatic rings. The zero-order valence-electron chi connectivity index (χ0n) is 9.05. The summed E-state index contributed by atoms with van der Waals surface area (Å²) in [6.07, 6.45) is 1.09. The van der Waals surface area contributed by atoms with Crippen LogP contribution in [0, 0.1) is 11.7 Å². The standard InChI is InChI=1S/C12H18FN/c1-9(2)7-10(3)14-12-6-4-5-11(13)8-12/h4-6,8-10,14H,7H2,1-3H3/t10-/m1/s1. The number of halogens is 1. The van der Waals surface area contributed by atoms with Crippen molar-refractivity contribution >= 4 is 5.69 Å². The maximum atomic E-state index is 12.8. The molecule has 0 saturated carbocycles. The van der Waals surface area contributed by atoms with E-state index in [0.717, 1.165) is 12.1 Å². The summed E-state index contributed by atoms with van der Waals surface area (Å²) in [6.45, 7) is 6.48. The first-order valence-electron chi connectivity index (χ1n) is 5.10. The van der Waals surface area contributed by atoms with Gasteiger partial charge in [0.25, 0.3) is 0 Å². The van der Waals surface area contributed by atoms with Gasteiger partial charge in [-0.15, -0.1) is 0 Å².